The summed E-state index contributed by atoms with van der Waals surface area (Å²) in [7, 11) is 0. The number of nitrogens with one attached hydrogen (secondary N) is 1. The van der Waals surface area contributed by atoms with Crippen molar-refractivity contribution in [1.29, 1.82) is 0 Å². The lowest BCUT2D eigenvalue weighted by molar-refractivity contribution is -0.144. The molecule has 0 aliphatic carbocycles. The average Bonchev–Trinajstić information content (AvgIpc) is 3.29. The van der Waals surface area contributed by atoms with E-state index in [9.17, 15) is 9.59 Å². The number of oxazole rings is 1. The van der Waals surface area contributed by atoms with Crippen molar-refractivity contribution in [2.75, 3.05) is 6.61 Å². The molecule has 0 aliphatic rings. The first-order valence-corrected chi connectivity index (χ1v) is 10.8. The average molecular weight is 456 g/mol. The van der Waals surface area contributed by atoms with Crippen molar-refractivity contribution in [3.63, 3.8) is 0 Å². The van der Waals surface area contributed by atoms with Crippen molar-refractivity contribution in [1.82, 2.24) is 10.3 Å². The van der Waals surface area contributed by atoms with Crippen LogP contribution >= 0.6 is 0 Å². The van der Waals surface area contributed by atoms with Gasteiger partial charge in [0.05, 0.1) is 0 Å². The molecular formula is C27H24N2O5. The number of carbonyl (C=O) groups is 2. The molecule has 1 heterocycles. The molecule has 0 saturated heterocycles. The number of aromatic nitrogens is 1. The minimum absolute atomic E-state index is 0.0503. The molecule has 4 aromatic rings. The van der Waals surface area contributed by atoms with Crippen molar-refractivity contribution in [3.8, 4) is 11.1 Å². The Morgan fingerprint density at radius 3 is 2.44 bits per heavy atom. The van der Waals surface area contributed by atoms with Gasteiger partial charge in [0.25, 0.3) is 0 Å². The maximum atomic E-state index is 12.4. The summed E-state index contributed by atoms with van der Waals surface area (Å²) in [6.45, 7) is 3.40. The van der Waals surface area contributed by atoms with E-state index in [0.717, 1.165) is 16.7 Å². The van der Waals surface area contributed by atoms with Crippen LogP contribution in [-0.2, 0) is 27.3 Å². The van der Waals surface area contributed by atoms with Crippen molar-refractivity contribution in [2.24, 2.45) is 0 Å². The molecule has 34 heavy (non-hydrogen) atoms. The fourth-order valence-electron chi connectivity index (χ4n) is 3.44. The fourth-order valence-corrected chi connectivity index (χ4v) is 3.44. The van der Waals surface area contributed by atoms with Gasteiger partial charge in [-0.3, -0.25) is 0 Å². The van der Waals surface area contributed by atoms with Gasteiger partial charge in [-0.15, -0.1) is 0 Å². The lowest BCUT2D eigenvalue weighted by atomic mass is 10.1. The zero-order valence-corrected chi connectivity index (χ0v) is 18.5. The predicted octanol–water partition coefficient (Wildman–Crippen LogP) is 5.06. The largest absolute Gasteiger partial charge is 0.460 e. The van der Waals surface area contributed by atoms with Gasteiger partial charge >= 0.3 is 12.1 Å². The molecule has 0 radical (unpaired) electrons. The monoisotopic (exact) mass is 456 g/mol. The van der Waals surface area contributed by atoms with Crippen LogP contribution in [0.5, 0.6) is 0 Å². The highest BCUT2D eigenvalue weighted by Crippen LogP contribution is 2.24. The van der Waals surface area contributed by atoms with E-state index in [1.165, 1.54) is 6.08 Å². The molecule has 0 bridgehead atoms. The number of carbonyl (C=O) groups excluding carboxylic acids is 2. The normalized spacial score (nSPS) is 11.5. The molecule has 0 saturated carbocycles. The number of rotatable bonds is 9. The number of fused-ring (bicyclic) bond motifs is 1. The predicted molar refractivity (Wildman–Crippen MR) is 128 cm³/mol. The summed E-state index contributed by atoms with van der Waals surface area (Å²) < 4.78 is 16.1. The Labute approximate surface area is 197 Å². The highest BCUT2D eigenvalue weighted by molar-refractivity contribution is 5.82. The first kappa shape index (κ1) is 22.8. The Bertz CT molecular complexity index is 1270. The number of esters is 1. The lowest BCUT2D eigenvalue weighted by Crippen LogP contribution is -2.43. The Balaban J connectivity index is 1.39. The number of alkyl carbamates (subject to hydrolysis) is 1. The second-order valence-corrected chi connectivity index (χ2v) is 7.54. The molecule has 1 amide bonds. The first-order chi connectivity index (χ1) is 16.6. The summed E-state index contributed by atoms with van der Waals surface area (Å²) >= 11 is 0. The number of amides is 1. The number of nitrogens with zero attached hydrogens (tertiary/aromatic N) is 1. The Morgan fingerprint density at radius 1 is 0.971 bits per heavy atom. The van der Waals surface area contributed by atoms with Crippen molar-refractivity contribution < 1.29 is 23.5 Å². The second-order valence-electron chi connectivity index (χ2n) is 7.54. The number of benzene rings is 3. The zero-order chi connectivity index (χ0) is 23.8. The second kappa shape index (κ2) is 11.0. The highest BCUT2D eigenvalue weighted by atomic mass is 16.6. The molecule has 3 aromatic carbocycles. The molecule has 0 spiro atoms. The summed E-state index contributed by atoms with van der Waals surface area (Å²) in [6, 6.07) is 24.0. The maximum absolute atomic E-state index is 12.4. The number of hydrogen-bond acceptors (Lipinski definition) is 6. The SMILES string of the molecule is C=CCOC(=O)C(Cc1ccccc1)NC(=O)OCc1nc2cc(-c3ccccc3)ccc2o1. The van der Waals surface area contributed by atoms with E-state index in [1.54, 1.807) is 0 Å². The Kier molecular flexibility index (Phi) is 7.35. The summed E-state index contributed by atoms with van der Waals surface area (Å²) in [4.78, 5) is 29.2. The van der Waals surface area contributed by atoms with Gasteiger partial charge in [-0.2, -0.15) is 0 Å². The van der Waals surface area contributed by atoms with Crippen LogP contribution in [0.15, 0.2) is 95.9 Å². The molecule has 1 N–H and O–H groups in total. The third-order valence-electron chi connectivity index (χ3n) is 5.07. The molecular weight excluding hydrogens is 432 g/mol. The number of hydrogen-bond donors (Lipinski definition) is 1. The Morgan fingerprint density at radius 2 is 1.71 bits per heavy atom. The summed E-state index contributed by atoms with van der Waals surface area (Å²) in [6.07, 6.45) is 0.951. The van der Waals surface area contributed by atoms with Crippen LogP contribution in [0.1, 0.15) is 11.5 Å². The van der Waals surface area contributed by atoms with E-state index >= 15 is 0 Å². The fraction of sp³-hybridized carbons (Fsp3) is 0.148. The molecule has 4 rings (SSSR count). The van der Waals surface area contributed by atoms with Gasteiger partial charge in [0.1, 0.15) is 18.2 Å². The van der Waals surface area contributed by atoms with Crippen molar-refractivity contribution in [2.45, 2.75) is 19.1 Å². The van der Waals surface area contributed by atoms with E-state index in [1.807, 2.05) is 78.9 Å². The van der Waals surface area contributed by atoms with Gasteiger partial charge in [-0.25, -0.2) is 14.6 Å². The molecule has 7 heteroatoms. The molecule has 1 aromatic heterocycles. The van der Waals surface area contributed by atoms with Crippen LogP contribution in [0.4, 0.5) is 4.79 Å². The first-order valence-electron chi connectivity index (χ1n) is 10.8. The third kappa shape index (κ3) is 5.89. The van der Waals surface area contributed by atoms with E-state index < -0.39 is 18.1 Å². The quantitative estimate of drug-likeness (QED) is 0.280. The van der Waals surface area contributed by atoms with Gasteiger partial charge in [-0.05, 0) is 28.8 Å². The molecule has 0 aliphatic heterocycles. The van der Waals surface area contributed by atoms with Gasteiger partial charge < -0.3 is 19.2 Å². The summed E-state index contributed by atoms with van der Waals surface area (Å²) in [5.41, 5.74) is 4.20. The van der Waals surface area contributed by atoms with Gasteiger partial charge in [0.2, 0.25) is 5.89 Å². The van der Waals surface area contributed by atoms with Crippen LogP contribution in [0.2, 0.25) is 0 Å². The van der Waals surface area contributed by atoms with Gasteiger partial charge in [-0.1, -0.05) is 79.4 Å². The van der Waals surface area contributed by atoms with E-state index in [2.05, 4.69) is 16.9 Å². The van der Waals surface area contributed by atoms with Gasteiger partial charge in [0, 0.05) is 6.42 Å². The summed E-state index contributed by atoms with van der Waals surface area (Å²) in [5.74, 6) is -0.319. The Hall–Kier alpha value is -4.39. The maximum Gasteiger partial charge on any atom is 0.408 e. The zero-order valence-electron chi connectivity index (χ0n) is 18.5. The van der Waals surface area contributed by atoms with Crippen LogP contribution in [0, 0.1) is 0 Å². The lowest BCUT2D eigenvalue weighted by Gasteiger charge is -2.17. The summed E-state index contributed by atoms with van der Waals surface area (Å²) in [5, 5.41) is 2.57. The highest BCUT2D eigenvalue weighted by Gasteiger charge is 2.23. The van der Waals surface area contributed by atoms with Crippen LogP contribution in [-0.4, -0.2) is 29.7 Å². The smallest absolute Gasteiger partial charge is 0.408 e. The third-order valence-corrected chi connectivity index (χ3v) is 5.07. The molecule has 7 nitrogen and oxygen atoms in total. The van der Waals surface area contributed by atoms with Crippen LogP contribution in [0.3, 0.4) is 0 Å². The molecule has 1 atom stereocenters. The molecule has 1 unspecified atom stereocenters. The van der Waals surface area contributed by atoms with E-state index in [0.29, 0.717) is 11.1 Å². The van der Waals surface area contributed by atoms with Crippen molar-refractivity contribution >= 4 is 23.2 Å². The minimum atomic E-state index is -0.910. The molecule has 0 fully saturated rings. The van der Waals surface area contributed by atoms with Crippen LogP contribution < -0.4 is 5.32 Å². The van der Waals surface area contributed by atoms with Gasteiger partial charge in [0.15, 0.2) is 12.2 Å². The standard InChI is InChI=1S/C27H24N2O5/c1-2-15-32-26(30)23(16-19-9-5-3-6-10-19)29-27(31)33-18-25-28-22-17-21(13-14-24(22)34-25)20-11-7-4-8-12-20/h2-14,17,23H,1,15-16,18H2,(H,29,31). The van der Waals surface area contributed by atoms with Crippen molar-refractivity contribution in [3.05, 3.63) is 103 Å². The van der Waals surface area contributed by atoms with Crippen LogP contribution in [0.25, 0.3) is 22.2 Å². The molecule has 172 valence electrons. The van der Waals surface area contributed by atoms with E-state index in [-0.39, 0.29) is 25.5 Å². The topological polar surface area (TPSA) is 90.7 Å². The number of ether oxygens (including phenoxy) is 2. The van der Waals surface area contributed by atoms with E-state index in [4.69, 9.17) is 13.9 Å². The minimum Gasteiger partial charge on any atom is -0.460 e.